The van der Waals surface area contributed by atoms with E-state index in [1.807, 2.05) is 4.93 Å². The van der Waals surface area contributed by atoms with E-state index in [2.05, 4.69) is 32.6 Å². The number of halogens is 2. The average molecular weight is 395 g/mol. The van der Waals surface area contributed by atoms with E-state index < -0.39 is 0 Å². The zero-order valence-electron chi connectivity index (χ0n) is 10.9. The quantitative estimate of drug-likeness (QED) is 0.424. The fourth-order valence-corrected chi connectivity index (χ4v) is 2.74. The Hall–Kier alpha value is -0.630. The van der Waals surface area contributed by atoms with Crippen molar-refractivity contribution in [3.63, 3.8) is 0 Å². The third-order valence-corrected chi connectivity index (χ3v) is 3.68. The van der Waals surface area contributed by atoms with E-state index in [-0.39, 0.29) is 17.0 Å². The van der Waals surface area contributed by atoms with Crippen LogP contribution in [0.1, 0.15) is 31.7 Å². The summed E-state index contributed by atoms with van der Waals surface area (Å²) in [7, 11) is 1.74. The molecule has 0 bridgehead atoms. The first-order valence-electron chi connectivity index (χ1n) is 6.16. The topological polar surface area (TPSA) is 52.7 Å². The Morgan fingerprint density at radius 2 is 2.00 bits per heavy atom. The largest absolute Gasteiger partial charge is 0.330 e. The van der Waals surface area contributed by atoms with Gasteiger partial charge >= 0.3 is 5.69 Å². The molecule has 2 aromatic heterocycles. The van der Waals surface area contributed by atoms with Crippen LogP contribution in [0.15, 0.2) is 11.0 Å². The van der Waals surface area contributed by atoms with Gasteiger partial charge < -0.3 is 0 Å². The zero-order chi connectivity index (χ0) is 14.0. The molecule has 5 nitrogen and oxygen atoms in total. The first kappa shape index (κ1) is 14.8. The van der Waals surface area contributed by atoms with Crippen LogP contribution in [-0.4, -0.2) is 24.0 Å². The van der Waals surface area contributed by atoms with Gasteiger partial charge in [-0.25, -0.2) is 9.78 Å². The molecule has 1 aliphatic carbocycles. The summed E-state index contributed by atoms with van der Waals surface area (Å²) in [5.41, 5.74) is 1.37. The van der Waals surface area contributed by atoms with E-state index >= 15 is 0 Å². The molecule has 2 aromatic rings. The second kappa shape index (κ2) is 6.21. The summed E-state index contributed by atoms with van der Waals surface area (Å²) in [6.07, 6.45) is 6.04. The molecule has 2 heterocycles. The van der Waals surface area contributed by atoms with Crippen LogP contribution in [0.25, 0.3) is 11.2 Å². The lowest BCUT2D eigenvalue weighted by Crippen LogP contribution is -2.25. The number of aromatic nitrogens is 4. The van der Waals surface area contributed by atoms with Crippen LogP contribution >= 0.6 is 34.2 Å². The van der Waals surface area contributed by atoms with E-state index in [1.165, 1.54) is 12.8 Å². The van der Waals surface area contributed by atoms with E-state index in [4.69, 9.17) is 11.6 Å². The van der Waals surface area contributed by atoms with Gasteiger partial charge in [0.1, 0.15) is 5.52 Å². The second-order valence-electron chi connectivity index (χ2n) is 4.50. The summed E-state index contributed by atoms with van der Waals surface area (Å²) in [6, 6.07) is 0.261. The Bertz CT molecular complexity index is 630. The average Bonchev–Trinajstić information content (AvgIpc) is 3.01. The van der Waals surface area contributed by atoms with Crippen LogP contribution in [0, 0.1) is 0 Å². The summed E-state index contributed by atoms with van der Waals surface area (Å²) in [5.74, 6) is 0. The number of imidazole rings is 1. The van der Waals surface area contributed by atoms with Gasteiger partial charge in [-0.2, -0.15) is 4.98 Å². The van der Waals surface area contributed by atoms with Crippen molar-refractivity contribution in [3.8, 4) is 0 Å². The lowest BCUT2D eigenvalue weighted by molar-refractivity contribution is 0.506. The fraction of sp³-hybridized carbons (Fsp3) is 0.583. The van der Waals surface area contributed by atoms with Crippen molar-refractivity contribution in [2.75, 3.05) is 4.93 Å². The van der Waals surface area contributed by atoms with Crippen molar-refractivity contribution in [1.29, 1.82) is 0 Å². The molecule has 19 heavy (non-hydrogen) atoms. The Labute approximate surface area is 130 Å². The summed E-state index contributed by atoms with van der Waals surface area (Å²) in [4.78, 5) is 22.3. The predicted molar refractivity (Wildman–Crippen MR) is 85.2 cm³/mol. The Morgan fingerprint density at radius 1 is 1.37 bits per heavy atom. The number of hydrogen-bond acceptors (Lipinski definition) is 3. The number of rotatable bonds is 1. The van der Waals surface area contributed by atoms with Crippen molar-refractivity contribution >= 4 is 45.4 Å². The highest BCUT2D eigenvalue weighted by Gasteiger charge is 2.23. The van der Waals surface area contributed by atoms with Crippen LogP contribution in [0.3, 0.4) is 0 Å². The van der Waals surface area contributed by atoms with Crippen molar-refractivity contribution in [1.82, 2.24) is 19.1 Å². The minimum atomic E-state index is -0.0246. The maximum Gasteiger partial charge on any atom is 0.330 e. The molecule has 104 valence electrons. The minimum Gasteiger partial charge on any atom is -0.292 e. The highest BCUT2D eigenvalue weighted by Crippen LogP contribution is 2.30. The third kappa shape index (κ3) is 2.65. The molecule has 3 rings (SSSR count). The number of nitrogens with zero attached hydrogens (tertiary/aromatic N) is 4. The maximum atomic E-state index is 12.2. The van der Waals surface area contributed by atoms with Crippen molar-refractivity contribution in [3.05, 3.63) is 22.0 Å². The normalized spacial score (nSPS) is 15.6. The van der Waals surface area contributed by atoms with Crippen LogP contribution in [-0.2, 0) is 7.05 Å². The molecule has 0 N–H and O–H groups in total. The highest BCUT2D eigenvalue weighted by atomic mass is 127. The Morgan fingerprint density at radius 3 is 2.63 bits per heavy atom. The molecule has 0 spiro atoms. The van der Waals surface area contributed by atoms with Gasteiger partial charge in [0.05, 0.1) is 6.20 Å². The van der Waals surface area contributed by atoms with Crippen molar-refractivity contribution in [2.24, 2.45) is 7.05 Å². The molecular formula is C12H16ClIN4O. The van der Waals surface area contributed by atoms with E-state index in [9.17, 15) is 4.79 Å². The summed E-state index contributed by atoms with van der Waals surface area (Å²) < 4.78 is 3.36. The van der Waals surface area contributed by atoms with E-state index in [0.717, 1.165) is 18.4 Å². The molecule has 1 fully saturated rings. The minimum absolute atomic E-state index is 0.0246. The van der Waals surface area contributed by atoms with Crippen LogP contribution < -0.4 is 5.69 Å². The zero-order valence-corrected chi connectivity index (χ0v) is 13.8. The molecule has 1 saturated carbocycles. The number of hydrogen-bond donors (Lipinski definition) is 0. The molecule has 0 aromatic carbocycles. The fourth-order valence-electron chi connectivity index (χ4n) is 2.61. The smallest absolute Gasteiger partial charge is 0.292 e. The van der Waals surface area contributed by atoms with Gasteiger partial charge in [0.25, 0.3) is 0 Å². The lowest BCUT2D eigenvalue weighted by Gasteiger charge is -2.09. The first-order chi connectivity index (χ1) is 9.18. The molecule has 0 radical (unpaired) electrons. The molecule has 0 atom stereocenters. The molecule has 0 saturated heterocycles. The molecule has 1 aliphatic rings. The van der Waals surface area contributed by atoms with Gasteiger partial charge in [-0.1, -0.05) is 35.4 Å². The predicted octanol–water partition coefficient (Wildman–Crippen LogP) is 2.95. The molecule has 7 heteroatoms. The van der Waals surface area contributed by atoms with Crippen molar-refractivity contribution in [2.45, 2.75) is 31.7 Å². The van der Waals surface area contributed by atoms with Gasteiger partial charge in [0.15, 0.2) is 5.65 Å². The summed E-state index contributed by atoms with van der Waals surface area (Å²) >= 11 is 7.96. The number of aryl methyl sites for hydroxylation is 1. The van der Waals surface area contributed by atoms with Gasteiger partial charge in [0, 0.05) is 13.1 Å². The Kier molecular flexibility index (Phi) is 4.83. The van der Waals surface area contributed by atoms with Crippen molar-refractivity contribution < 1.29 is 0 Å². The number of alkyl halides is 1. The van der Waals surface area contributed by atoms with Gasteiger partial charge in [-0.15, -0.1) is 0 Å². The van der Waals surface area contributed by atoms with E-state index in [1.54, 1.807) is 22.4 Å². The van der Waals surface area contributed by atoms with Crippen LogP contribution in [0.5, 0.6) is 0 Å². The molecular weight excluding hydrogens is 379 g/mol. The van der Waals surface area contributed by atoms with Gasteiger partial charge in [0.2, 0.25) is 5.28 Å². The third-order valence-electron chi connectivity index (χ3n) is 3.49. The van der Waals surface area contributed by atoms with Gasteiger partial charge in [-0.3, -0.25) is 9.13 Å². The van der Waals surface area contributed by atoms with Gasteiger partial charge in [-0.05, 0) is 29.4 Å². The summed E-state index contributed by atoms with van der Waals surface area (Å²) in [5, 5.41) is 0.190. The molecule has 0 aliphatic heterocycles. The maximum absolute atomic E-state index is 12.2. The lowest BCUT2D eigenvalue weighted by atomic mass is 10.2. The molecule has 0 amide bonds. The van der Waals surface area contributed by atoms with E-state index in [0.29, 0.717) is 5.65 Å². The summed E-state index contributed by atoms with van der Waals surface area (Å²) in [6.45, 7) is 0. The first-order valence-corrected chi connectivity index (χ1v) is 8.69. The Balaban J connectivity index is 0.000000637. The standard InChI is InChI=1S/C11H13ClN4O.CH3I/c1-15-8-6-13-10(12)14-9(8)16(11(15)17)7-4-2-3-5-7;1-2/h6-7H,2-5H2,1H3;1H3. The van der Waals surface area contributed by atoms with Crippen LogP contribution in [0.4, 0.5) is 0 Å². The SMILES string of the molecule is CI.Cn1c(=O)n(C2CCCC2)c2nc(Cl)ncc21. The number of fused-ring (bicyclic) bond motifs is 1. The highest BCUT2D eigenvalue weighted by molar-refractivity contribution is 14.1. The monoisotopic (exact) mass is 394 g/mol. The molecule has 0 unspecified atom stereocenters. The van der Waals surface area contributed by atoms with Crippen LogP contribution in [0.2, 0.25) is 5.28 Å². The second-order valence-corrected chi connectivity index (χ2v) is 4.84.